The third-order valence-electron chi connectivity index (χ3n) is 2.52. The lowest BCUT2D eigenvalue weighted by Crippen LogP contribution is -2.09. The molecule has 98 valence electrons. The Bertz CT molecular complexity index is 328. The summed E-state index contributed by atoms with van der Waals surface area (Å²) >= 11 is -0.860. The van der Waals surface area contributed by atoms with Crippen molar-refractivity contribution in [3.05, 3.63) is 11.8 Å². The molecule has 1 aromatic heterocycles. The SMILES string of the molecule is CCCCCn1nc(C[S+]([O-])CCC)cc1O. The summed E-state index contributed by atoms with van der Waals surface area (Å²) in [6, 6.07) is 1.62. The number of aromatic hydroxyl groups is 1. The van der Waals surface area contributed by atoms with Crippen molar-refractivity contribution in [3.63, 3.8) is 0 Å². The van der Waals surface area contributed by atoms with Crippen LogP contribution in [0.2, 0.25) is 0 Å². The zero-order chi connectivity index (χ0) is 12.7. The van der Waals surface area contributed by atoms with Gasteiger partial charge in [0.25, 0.3) is 0 Å². The third kappa shape index (κ3) is 5.00. The van der Waals surface area contributed by atoms with Crippen molar-refractivity contribution in [2.24, 2.45) is 0 Å². The van der Waals surface area contributed by atoms with Gasteiger partial charge in [-0.15, -0.1) is 0 Å². The van der Waals surface area contributed by atoms with E-state index >= 15 is 0 Å². The van der Waals surface area contributed by atoms with Crippen LogP contribution in [0.25, 0.3) is 0 Å². The van der Waals surface area contributed by atoms with Crippen LogP contribution in [0.5, 0.6) is 5.88 Å². The van der Waals surface area contributed by atoms with Crippen LogP contribution < -0.4 is 0 Å². The molecule has 0 bridgehead atoms. The van der Waals surface area contributed by atoms with Crippen molar-refractivity contribution in [1.29, 1.82) is 0 Å². The van der Waals surface area contributed by atoms with Gasteiger partial charge in [0.1, 0.15) is 17.2 Å². The van der Waals surface area contributed by atoms with E-state index in [0.717, 1.165) is 37.9 Å². The Kier molecular flexibility index (Phi) is 6.44. The highest BCUT2D eigenvalue weighted by molar-refractivity contribution is 7.90. The molecular weight excluding hydrogens is 236 g/mol. The second-order valence-electron chi connectivity index (χ2n) is 4.21. The number of hydrogen-bond acceptors (Lipinski definition) is 3. The molecule has 17 heavy (non-hydrogen) atoms. The summed E-state index contributed by atoms with van der Waals surface area (Å²) in [7, 11) is 0. The minimum absolute atomic E-state index is 0.185. The molecule has 0 aliphatic heterocycles. The number of aromatic nitrogens is 2. The van der Waals surface area contributed by atoms with Crippen LogP contribution in [-0.2, 0) is 23.5 Å². The van der Waals surface area contributed by atoms with Crippen LogP contribution >= 0.6 is 0 Å². The van der Waals surface area contributed by atoms with Gasteiger partial charge in [-0.2, -0.15) is 5.10 Å². The Balaban J connectivity index is 2.49. The lowest BCUT2D eigenvalue weighted by molar-refractivity contribution is 0.391. The van der Waals surface area contributed by atoms with Gasteiger partial charge in [0, 0.05) is 12.6 Å². The summed E-state index contributed by atoms with van der Waals surface area (Å²) in [5, 5.41) is 14.0. The summed E-state index contributed by atoms with van der Waals surface area (Å²) in [5.74, 6) is 1.33. The fraction of sp³-hybridized carbons (Fsp3) is 0.750. The van der Waals surface area contributed by atoms with Gasteiger partial charge in [0.15, 0.2) is 0 Å². The highest BCUT2D eigenvalue weighted by atomic mass is 32.2. The Morgan fingerprint density at radius 3 is 2.76 bits per heavy atom. The smallest absolute Gasteiger partial charge is 0.209 e. The Labute approximate surface area is 106 Å². The van der Waals surface area contributed by atoms with Crippen molar-refractivity contribution in [2.75, 3.05) is 5.75 Å². The van der Waals surface area contributed by atoms with E-state index in [1.54, 1.807) is 10.7 Å². The normalized spacial score (nSPS) is 12.9. The first-order valence-corrected chi connectivity index (χ1v) is 7.76. The van der Waals surface area contributed by atoms with Gasteiger partial charge in [-0.3, -0.25) is 0 Å². The molecule has 1 rings (SSSR count). The Morgan fingerprint density at radius 2 is 2.12 bits per heavy atom. The quantitative estimate of drug-likeness (QED) is 0.575. The van der Waals surface area contributed by atoms with Crippen LogP contribution in [0.1, 0.15) is 45.2 Å². The van der Waals surface area contributed by atoms with Crippen LogP contribution in [0.4, 0.5) is 0 Å². The number of nitrogens with zero attached hydrogens (tertiary/aromatic N) is 2. The second-order valence-corrected chi connectivity index (χ2v) is 5.79. The van der Waals surface area contributed by atoms with Crippen molar-refractivity contribution < 1.29 is 9.66 Å². The average Bonchev–Trinajstić information content (AvgIpc) is 2.60. The molecule has 0 spiro atoms. The van der Waals surface area contributed by atoms with E-state index in [0.29, 0.717) is 11.5 Å². The molecule has 1 aromatic rings. The molecule has 0 aliphatic rings. The maximum Gasteiger partial charge on any atom is 0.209 e. The van der Waals surface area contributed by atoms with Gasteiger partial charge in [-0.25, -0.2) is 4.68 Å². The van der Waals surface area contributed by atoms with Crippen LogP contribution in [0.3, 0.4) is 0 Å². The topological polar surface area (TPSA) is 61.1 Å². The van der Waals surface area contributed by atoms with Gasteiger partial charge >= 0.3 is 0 Å². The largest absolute Gasteiger partial charge is 0.616 e. The molecule has 1 atom stereocenters. The molecule has 1 N–H and O–H groups in total. The average molecular weight is 258 g/mol. The molecule has 0 amide bonds. The van der Waals surface area contributed by atoms with Gasteiger partial charge in [0.05, 0.1) is 0 Å². The van der Waals surface area contributed by atoms with Gasteiger partial charge < -0.3 is 9.66 Å². The summed E-state index contributed by atoms with van der Waals surface area (Å²) in [6.45, 7) is 4.89. The summed E-state index contributed by atoms with van der Waals surface area (Å²) in [4.78, 5) is 0. The van der Waals surface area contributed by atoms with E-state index in [1.165, 1.54) is 0 Å². The Morgan fingerprint density at radius 1 is 1.35 bits per heavy atom. The minimum Gasteiger partial charge on any atom is -0.616 e. The zero-order valence-corrected chi connectivity index (χ0v) is 11.5. The summed E-state index contributed by atoms with van der Waals surface area (Å²) in [6.07, 6.45) is 4.21. The lowest BCUT2D eigenvalue weighted by Gasteiger charge is -2.07. The third-order valence-corrected chi connectivity index (χ3v) is 4.00. The maximum absolute atomic E-state index is 11.6. The van der Waals surface area contributed by atoms with E-state index in [9.17, 15) is 9.66 Å². The second kappa shape index (κ2) is 7.61. The fourth-order valence-corrected chi connectivity index (χ4v) is 2.74. The van der Waals surface area contributed by atoms with Gasteiger partial charge in [-0.05, 0) is 24.0 Å². The van der Waals surface area contributed by atoms with Crippen LogP contribution in [0.15, 0.2) is 6.07 Å². The van der Waals surface area contributed by atoms with Crippen LogP contribution in [0, 0.1) is 0 Å². The predicted molar refractivity (Wildman–Crippen MR) is 70.4 cm³/mol. The predicted octanol–water partition coefficient (Wildman–Crippen LogP) is 2.44. The number of aryl methyl sites for hydroxylation is 1. The molecule has 5 heteroatoms. The minimum atomic E-state index is -0.860. The number of rotatable bonds is 8. The first-order chi connectivity index (χ1) is 8.17. The van der Waals surface area contributed by atoms with Crippen molar-refractivity contribution in [3.8, 4) is 5.88 Å². The van der Waals surface area contributed by atoms with E-state index in [1.807, 2.05) is 6.92 Å². The van der Waals surface area contributed by atoms with Crippen molar-refractivity contribution in [2.45, 2.75) is 51.8 Å². The van der Waals surface area contributed by atoms with Crippen molar-refractivity contribution >= 4 is 11.2 Å². The van der Waals surface area contributed by atoms with Crippen LogP contribution in [-0.4, -0.2) is 25.2 Å². The van der Waals surface area contributed by atoms with E-state index in [4.69, 9.17) is 0 Å². The number of hydrogen-bond donors (Lipinski definition) is 1. The number of unbranched alkanes of at least 4 members (excludes halogenated alkanes) is 2. The lowest BCUT2D eigenvalue weighted by atomic mass is 10.2. The Hall–Kier alpha value is -0.680. The molecule has 0 aromatic carbocycles. The highest BCUT2D eigenvalue weighted by Gasteiger charge is 2.12. The molecule has 0 fully saturated rings. The first-order valence-electron chi connectivity index (χ1n) is 6.28. The van der Waals surface area contributed by atoms with Gasteiger partial charge in [0.2, 0.25) is 5.88 Å². The molecule has 0 aliphatic carbocycles. The zero-order valence-electron chi connectivity index (χ0n) is 10.7. The monoisotopic (exact) mass is 258 g/mol. The summed E-state index contributed by atoms with van der Waals surface area (Å²) in [5.41, 5.74) is 0.728. The maximum atomic E-state index is 11.6. The fourth-order valence-electron chi connectivity index (χ4n) is 1.67. The first kappa shape index (κ1) is 14.4. The van der Waals surface area contributed by atoms with Crippen molar-refractivity contribution in [1.82, 2.24) is 9.78 Å². The molecule has 0 radical (unpaired) electrons. The molecule has 4 nitrogen and oxygen atoms in total. The van der Waals surface area contributed by atoms with E-state index < -0.39 is 11.2 Å². The van der Waals surface area contributed by atoms with E-state index in [2.05, 4.69) is 12.0 Å². The molecule has 1 heterocycles. The molecular formula is C12H22N2O2S. The standard InChI is InChI=1S/C12H22N2O2S/c1-3-5-6-7-14-12(15)9-11(13-14)10-17(16)8-4-2/h9,15H,3-8,10H2,1-2H3. The summed E-state index contributed by atoms with van der Waals surface area (Å²) < 4.78 is 13.2. The highest BCUT2D eigenvalue weighted by Crippen LogP contribution is 2.15. The molecule has 0 saturated heterocycles. The van der Waals surface area contributed by atoms with E-state index in [-0.39, 0.29) is 5.88 Å². The molecule has 0 saturated carbocycles. The molecule has 1 unspecified atom stereocenters. The van der Waals surface area contributed by atoms with Gasteiger partial charge in [-0.1, -0.05) is 26.7 Å².